The SMILES string of the molecule is CC1(N)N=CN=C2C1=NCN2[C@H]1CC[C@@H](CO)O1. The predicted octanol–water partition coefficient (Wildman–Crippen LogP) is -0.687. The van der Waals surface area contributed by atoms with Crippen molar-refractivity contribution in [1.82, 2.24) is 4.90 Å². The van der Waals surface area contributed by atoms with E-state index in [4.69, 9.17) is 15.6 Å². The minimum Gasteiger partial charge on any atom is -0.394 e. The molecule has 98 valence electrons. The second kappa shape index (κ2) is 4.11. The lowest BCUT2D eigenvalue weighted by Crippen LogP contribution is -2.52. The first kappa shape index (κ1) is 11.8. The molecule has 0 radical (unpaired) electrons. The molecule has 0 amide bonds. The second-order valence-electron chi connectivity index (χ2n) is 4.94. The Balaban J connectivity index is 1.79. The van der Waals surface area contributed by atoms with E-state index in [1.807, 2.05) is 11.8 Å². The number of hydrogen-bond acceptors (Lipinski definition) is 7. The van der Waals surface area contributed by atoms with Gasteiger partial charge in [-0.25, -0.2) is 9.98 Å². The molecule has 3 atom stereocenters. The van der Waals surface area contributed by atoms with Gasteiger partial charge in [-0.15, -0.1) is 0 Å². The van der Waals surface area contributed by atoms with Gasteiger partial charge in [0, 0.05) is 0 Å². The molecule has 0 aromatic rings. The summed E-state index contributed by atoms with van der Waals surface area (Å²) in [5, 5.41) is 9.10. The van der Waals surface area contributed by atoms with Crippen LogP contribution in [0.4, 0.5) is 0 Å². The van der Waals surface area contributed by atoms with E-state index in [2.05, 4.69) is 15.0 Å². The van der Waals surface area contributed by atoms with Crippen molar-refractivity contribution in [3.05, 3.63) is 0 Å². The Kier molecular flexibility index (Phi) is 2.69. The number of aliphatic hydroxyl groups is 1. The molecule has 0 aromatic carbocycles. The van der Waals surface area contributed by atoms with Gasteiger partial charge in [0.2, 0.25) is 0 Å². The highest BCUT2D eigenvalue weighted by Crippen LogP contribution is 2.27. The molecule has 1 fully saturated rings. The fraction of sp³-hybridized carbons (Fsp3) is 0.727. The summed E-state index contributed by atoms with van der Waals surface area (Å²) in [4.78, 5) is 14.8. The van der Waals surface area contributed by atoms with Gasteiger partial charge in [0.1, 0.15) is 24.9 Å². The number of nitrogens with zero attached hydrogens (tertiary/aromatic N) is 4. The Morgan fingerprint density at radius 1 is 1.61 bits per heavy atom. The molecule has 7 nitrogen and oxygen atoms in total. The zero-order valence-corrected chi connectivity index (χ0v) is 10.3. The predicted molar refractivity (Wildman–Crippen MR) is 67.6 cm³/mol. The average Bonchev–Trinajstić information content (AvgIpc) is 2.93. The van der Waals surface area contributed by atoms with Crippen LogP contribution in [0.2, 0.25) is 0 Å². The normalized spacial score (nSPS) is 38.7. The maximum absolute atomic E-state index is 9.10. The van der Waals surface area contributed by atoms with Crippen molar-refractivity contribution in [1.29, 1.82) is 0 Å². The lowest BCUT2D eigenvalue weighted by Gasteiger charge is -2.29. The fourth-order valence-electron chi connectivity index (χ4n) is 2.48. The molecule has 3 rings (SSSR count). The number of hydrogen-bond donors (Lipinski definition) is 2. The zero-order chi connectivity index (χ0) is 12.8. The Morgan fingerprint density at radius 3 is 3.17 bits per heavy atom. The van der Waals surface area contributed by atoms with E-state index in [1.165, 1.54) is 6.34 Å². The van der Waals surface area contributed by atoms with E-state index in [0.29, 0.717) is 12.4 Å². The highest BCUT2D eigenvalue weighted by Gasteiger charge is 2.42. The Morgan fingerprint density at radius 2 is 2.44 bits per heavy atom. The third-order valence-electron chi connectivity index (χ3n) is 3.49. The number of aliphatic imine (C=N–C) groups is 3. The molecule has 0 saturated carbocycles. The molecule has 0 aromatic heterocycles. The molecular formula is C11H17N5O2. The summed E-state index contributed by atoms with van der Waals surface area (Å²) < 4.78 is 5.75. The molecule has 1 unspecified atom stereocenters. The van der Waals surface area contributed by atoms with Crippen LogP contribution in [-0.2, 0) is 4.74 Å². The molecule has 1 saturated heterocycles. The van der Waals surface area contributed by atoms with Crippen molar-refractivity contribution in [2.24, 2.45) is 20.7 Å². The quantitative estimate of drug-likeness (QED) is 0.679. The maximum Gasteiger partial charge on any atom is 0.159 e. The third kappa shape index (κ3) is 1.75. The first-order valence-electron chi connectivity index (χ1n) is 6.10. The van der Waals surface area contributed by atoms with E-state index < -0.39 is 5.66 Å². The van der Waals surface area contributed by atoms with Crippen molar-refractivity contribution in [3.8, 4) is 0 Å². The summed E-state index contributed by atoms with van der Waals surface area (Å²) in [6.45, 7) is 2.36. The van der Waals surface area contributed by atoms with Gasteiger partial charge in [-0.05, 0) is 19.8 Å². The molecule has 0 spiro atoms. The minimum absolute atomic E-state index is 0.0561. The number of aliphatic hydroxyl groups excluding tert-OH is 1. The molecule has 3 aliphatic rings. The van der Waals surface area contributed by atoms with E-state index in [-0.39, 0.29) is 18.9 Å². The number of rotatable bonds is 2. The molecule has 7 heteroatoms. The molecule has 3 heterocycles. The van der Waals surface area contributed by atoms with Crippen molar-refractivity contribution < 1.29 is 9.84 Å². The van der Waals surface area contributed by atoms with Crippen LogP contribution in [-0.4, -0.2) is 59.2 Å². The van der Waals surface area contributed by atoms with Gasteiger partial charge in [0.15, 0.2) is 11.5 Å². The number of ether oxygens (including phenoxy) is 1. The largest absolute Gasteiger partial charge is 0.394 e. The lowest BCUT2D eigenvalue weighted by atomic mass is 10.1. The molecule has 18 heavy (non-hydrogen) atoms. The van der Waals surface area contributed by atoms with Crippen molar-refractivity contribution >= 4 is 17.9 Å². The standard InChI is InChI=1S/C11H17N5O2/c1-11(12)9-10(13-5-15-11)16(6-14-9)8-3-2-7(4-17)18-8/h5,7-8,17H,2-4,6,12H2,1H3/t7-,8+,11?/m0/s1. The van der Waals surface area contributed by atoms with Gasteiger partial charge in [0.05, 0.1) is 12.7 Å². The highest BCUT2D eigenvalue weighted by atomic mass is 16.5. The first-order valence-corrected chi connectivity index (χ1v) is 6.10. The van der Waals surface area contributed by atoms with E-state index >= 15 is 0 Å². The van der Waals surface area contributed by atoms with Crippen molar-refractivity contribution in [2.45, 2.75) is 37.8 Å². The lowest BCUT2D eigenvalue weighted by molar-refractivity contribution is -0.0393. The molecule has 0 aliphatic carbocycles. The maximum atomic E-state index is 9.10. The van der Waals surface area contributed by atoms with Crippen LogP contribution in [0.5, 0.6) is 0 Å². The summed E-state index contributed by atoms with van der Waals surface area (Å²) in [5.41, 5.74) is 5.96. The van der Waals surface area contributed by atoms with Crippen LogP contribution >= 0.6 is 0 Å². The number of amidine groups is 1. The summed E-state index contributed by atoms with van der Waals surface area (Å²) in [7, 11) is 0. The van der Waals surface area contributed by atoms with Gasteiger partial charge in [-0.1, -0.05) is 0 Å². The molecule has 3 N–H and O–H groups in total. The van der Waals surface area contributed by atoms with Crippen LogP contribution in [0, 0.1) is 0 Å². The topological polar surface area (TPSA) is 95.8 Å². The third-order valence-corrected chi connectivity index (χ3v) is 3.49. The Labute approximate surface area is 105 Å². The van der Waals surface area contributed by atoms with Crippen molar-refractivity contribution in [3.63, 3.8) is 0 Å². The van der Waals surface area contributed by atoms with E-state index in [0.717, 1.165) is 18.7 Å². The van der Waals surface area contributed by atoms with Crippen LogP contribution in [0.3, 0.4) is 0 Å². The highest BCUT2D eigenvalue weighted by molar-refractivity contribution is 6.47. The zero-order valence-electron chi connectivity index (χ0n) is 10.3. The van der Waals surface area contributed by atoms with E-state index in [9.17, 15) is 0 Å². The van der Waals surface area contributed by atoms with Gasteiger partial charge in [0.25, 0.3) is 0 Å². The molecular weight excluding hydrogens is 234 g/mol. The van der Waals surface area contributed by atoms with Crippen LogP contribution < -0.4 is 5.73 Å². The molecule has 3 aliphatic heterocycles. The fourth-order valence-corrected chi connectivity index (χ4v) is 2.48. The van der Waals surface area contributed by atoms with Crippen LogP contribution in [0.1, 0.15) is 19.8 Å². The van der Waals surface area contributed by atoms with Crippen LogP contribution in [0.25, 0.3) is 0 Å². The summed E-state index contributed by atoms with van der Waals surface area (Å²) >= 11 is 0. The van der Waals surface area contributed by atoms with Crippen molar-refractivity contribution in [2.75, 3.05) is 13.3 Å². The van der Waals surface area contributed by atoms with Gasteiger partial charge in [-0.2, -0.15) is 0 Å². The Bertz CT molecular complexity index is 443. The second-order valence-corrected chi connectivity index (χ2v) is 4.94. The van der Waals surface area contributed by atoms with E-state index in [1.54, 1.807) is 0 Å². The first-order chi connectivity index (χ1) is 8.62. The van der Waals surface area contributed by atoms with Crippen LogP contribution in [0.15, 0.2) is 15.0 Å². The van der Waals surface area contributed by atoms with Gasteiger partial charge < -0.3 is 20.5 Å². The monoisotopic (exact) mass is 251 g/mol. The summed E-state index contributed by atoms with van der Waals surface area (Å²) in [6.07, 6.45) is 3.04. The smallest absolute Gasteiger partial charge is 0.159 e. The Hall–Kier alpha value is -1.31. The number of fused-ring (bicyclic) bond motifs is 1. The number of nitrogens with two attached hydrogens (primary N) is 1. The summed E-state index contributed by atoms with van der Waals surface area (Å²) in [5.74, 6) is 0.749. The van der Waals surface area contributed by atoms with Gasteiger partial charge in [-0.3, -0.25) is 4.99 Å². The molecule has 0 bridgehead atoms. The van der Waals surface area contributed by atoms with Gasteiger partial charge >= 0.3 is 0 Å². The summed E-state index contributed by atoms with van der Waals surface area (Å²) in [6, 6.07) is 0. The average molecular weight is 251 g/mol. The minimum atomic E-state index is -0.805.